The first-order valence-corrected chi connectivity index (χ1v) is 5.62. The molecule has 17 heavy (non-hydrogen) atoms. The van der Waals surface area contributed by atoms with Crippen LogP contribution in [0.3, 0.4) is 0 Å². The highest BCUT2D eigenvalue weighted by molar-refractivity contribution is 5.66. The van der Waals surface area contributed by atoms with Gasteiger partial charge in [0.1, 0.15) is 0 Å². The van der Waals surface area contributed by atoms with Crippen LogP contribution in [-0.2, 0) is 0 Å². The van der Waals surface area contributed by atoms with Crippen LogP contribution < -0.4 is 0 Å². The zero-order chi connectivity index (χ0) is 12.4. The first-order valence-electron chi connectivity index (χ1n) is 5.62. The van der Waals surface area contributed by atoms with E-state index in [2.05, 4.69) is 0 Å². The molecule has 0 fully saturated rings. The molecular weight excluding hydrogens is 229 g/mol. The van der Waals surface area contributed by atoms with E-state index in [1.165, 1.54) is 12.1 Å². The van der Waals surface area contributed by atoms with E-state index >= 15 is 0 Å². The summed E-state index contributed by atoms with van der Waals surface area (Å²) in [6, 6.07) is 2.13. The van der Waals surface area contributed by atoms with Crippen LogP contribution in [0.25, 0.3) is 5.57 Å². The summed E-state index contributed by atoms with van der Waals surface area (Å²) in [5, 5.41) is 9.57. The molecule has 0 bridgehead atoms. The molecule has 1 N–H and O–H groups in total. The number of aliphatic hydroxyl groups excluding tert-OH is 1. The topological polar surface area (TPSA) is 20.2 Å². The van der Waals surface area contributed by atoms with Gasteiger partial charge in [0.05, 0.1) is 6.10 Å². The molecule has 1 nitrogen and oxygen atoms in total. The maximum Gasteiger partial charge on any atom is 0.195 e. The molecule has 1 aliphatic rings. The van der Waals surface area contributed by atoms with E-state index in [4.69, 9.17) is 0 Å². The minimum atomic E-state index is -1.46. The molecule has 2 rings (SSSR count). The van der Waals surface area contributed by atoms with Gasteiger partial charge in [-0.1, -0.05) is 12.5 Å². The van der Waals surface area contributed by atoms with Gasteiger partial charge < -0.3 is 5.11 Å². The Kier molecular flexibility index (Phi) is 3.52. The molecule has 1 aliphatic carbocycles. The third-order valence-electron chi connectivity index (χ3n) is 2.97. The summed E-state index contributed by atoms with van der Waals surface area (Å²) in [6.07, 6.45) is 3.73. The fourth-order valence-corrected chi connectivity index (χ4v) is 2.07. The smallest absolute Gasteiger partial charge is 0.195 e. The second-order valence-electron chi connectivity index (χ2n) is 4.23. The Morgan fingerprint density at radius 2 is 1.82 bits per heavy atom. The van der Waals surface area contributed by atoms with Gasteiger partial charge in [-0.3, -0.25) is 0 Å². The normalized spacial score (nSPS) is 20.9. The number of halogens is 3. The minimum absolute atomic E-state index is 0.0462. The minimum Gasteiger partial charge on any atom is -0.389 e. The molecule has 0 aromatic heterocycles. The first kappa shape index (κ1) is 12.2. The van der Waals surface area contributed by atoms with E-state index in [1.54, 1.807) is 0 Å². The van der Waals surface area contributed by atoms with Gasteiger partial charge in [0, 0.05) is 5.56 Å². The maximum atomic E-state index is 13.6. The van der Waals surface area contributed by atoms with E-state index in [1.807, 2.05) is 0 Å². The first-order chi connectivity index (χ1) is 8.09. The van der Waals surface area contributed by atoms with Crippen molar-refractivity contribution in [1.82, 2.24) is 0 Å². The lowest BCUT2D eigenvalue weighted by Gasteiger charge is -2.09. The molecule has 0 heterocycles. The average Bonchev–Trinajstić information content (AvgIpc) is 2.51. The Bertz CT molecular complexity index is 454. The van der Waals surface area contributed by atoms with Crippen molar-refractivity contribution in [3.63, 3.8) is 0 Å². The van der Waals surface area contributed by atoms with Crippen molar-refractivity contribution >= 4 is 5.57 Å². The van der Waals surface area contributed by atoms with Crippen LogP contribution >= 0.6 is 0 Å². The van der Waals surface area contributed by atoms with Gasteiger partial charge in [-0.15, -0.1) is 0 Å². The Morgan fingerprint density at radius 1 is 1.06 bits per heavy atom. The molecule has 0 spiro atoms. The molecule has 1 aromatic carbocycles. The summed E-state index contributed by atoms with van der Waals surface area (Å²) in [5.41, 5.74) is 0.594. The molecule has 0 saturated carbocycles. The second kappa shape index (κ2) is 4.92. The van der Waals surface area contributed by atoms with Crippen molar-refractivity contribution in [1.29, 1.82) is 0 Å². The molecule has 1 atom stereocenters. The van der Waals surface area contributed by atoms with Gasteiger partial charge in [0.2, 0.25) is 0 Å². The Hall–Kier alpha value is -1.29. The van der Waals surface area contributed by atoms with Crippen molar-refractivity contribution in [3.8, 4) is 0 Å². The summed E-state index contributed by atoms with van der Waals surface area (Å²) in [5.74, 6) is -3.83. The summed E-state index contributed by atoms with van der Waals surface area (Å²) in [7, 11) is 0. The molecule has 0 saturated heterocycles. The number of aliphatic hydroxyl groups is 1. The zero-order valence-electron chi connectivity index (χ0n) is 9.22. The fraction of sp³-hybridized carbons (Fsp3) is 0.385. The standard InChI is InChI=1S/C13H13F3O/c14-11-6-5-10(12(15)13(11)16)8-3-1-2-4-9(17)7-8/h5-7,9,17H,1-4H2. The van der Waals surface area contributed by atoms with E-state index in [9.17, 15) is 18.3 Å². The van der Waals surface area contributed by atoms with Crippen LogP contribution in [0.1, 0.15) is 31.2 Å². The van der Waals surface area contributed by atoms with Crippen molar-refractivity contribution < 1.29 is 18.3 Å². The van der Waals surface area contributed by atoms with Crippen molar-refractivity contribution in [3.05, 3.63) is 41.2 Å². The highest BCUT2D eigenvalue weighted by atomic mass is 19.2. The molecule has 0 aliphatic heterocycles. The molecule has 92 valence electrons. The summed E-state index contributed by atoms with van der Waals surface area (Å²) in [4.78, 5) is 0. The van der Waals surface area contributed by atoms with Crippen molar-refractivity contribution in [2.75, 3.05) is 0 Å². The van der Waals surface area contributed by atoms with Gasteiger partial charge in [-0.2, -0.15) is 0 Å². The van der Waals surface area contributed by atoms with Crippen LogP contribution in [0.5, 0.6) is 0 Å². The van der Waals surface area contributed by atoms with Crippen molar-refractivity contribution in [2.24, 2.45) is 0 Å². The Labute approximate surface area is 97.6 Å². The molecule has 0 radical (unpaired) electrons. The van der Waals surface area contributed by atoms with Gasteiger partial charge >= 0.3 is 0 Å². The van der Waals surface area contributed by atoms with Crippen LogP contribution in [0.15, 0.2) is 18.2 Å². The summed E-state index contributed by atoms with van der Waals surface area (Å²) in [6.45, 7) is 0. The molecule has 1 aromatic rings. The van der Waals surface area contributed by atoms with Gasteiger partial charge in [-0.05, 0) is 37.0 Å². The molecular formula is C13H13F3O. The van der Waals surface area contributed by atoms with Crippen LogP contribution in [0.2, 0.25) is 0 Å². The van der Waals surface area contributed by atoms with E-state index in [-0.39, 0.29) is 5.56 Å². The number of benzene rings is 1. The predicted octanol–water partition coefficient (Wildman–Crippen LogP) is 3.42. The Balaban J connectivity index is 2.42. The summed E-state index contributed by atoms with van der Waals surface area (Å²) >= 11 is 0. The quantitative estimate of drug-likeness (QED) is 0.748. The van der Waals surface area contributed by atoms with Crippen LogP contribution in [0, 0.1) is 17.5 Å². The van der Waals surface area contributed by atoms with Gasteiger partial charge in [0.25, 0.3) is 0 Å². The number of rotatable bonds is 1. The van der Waals surface area contributed by atoms with Crippen LogP contribution in [-0.4, -0.2) is 11.2 Å². The molecule has 1 unspecified atom stereocenters. The summed E-state index contributed by atoms with van der Waals surface area (Å²) < 4.78 is 39.5. The average molecular weight is 242 g/mol. The van der Waals surface area contributed by atoms with Crippen LogP contribution in [0.4, 0.5) is 13.2 Å². The Morgan fingerprint density at radius 3 is 2.59 bits per heavy atom. The van der Waals surface area contributed by atoms with Gasteiger partial charge in [-0.25, -0.2) is 13.2 Å². The zero-order valence-corrected chi connectivity index (χ0v) is 9.22. The SMILES string of the molecule is OC1C=C(c2ccc(F)c(F)c2F)CCCC1. The third-order valence-corrected chi connectivity index (χ3v) is 2.97. The van der Waals surface area contributed by atoms with E-state index < -0.39 is 23.6 Å². The van der Waals surface area contributed by atoms with Crippen molar-refractivity contribution in [2.45, 2.75) is 31.8 Å². The lowest BCUT2D eigenvalue weighted by atomic mass is 10.0. The predicted molar refractivity (Wildman–Crippen MR) is 58.8 cm³/mol. The number of hydrogen-bond acceptors (Lipinski definition) is 1. The molecule has 4 heteroatoms. The number of allylic oxidation sites excluding steroid dienone is 1. The lowest BCUT2D eigenvalue weighted by Crippen LogP contribution is -2.02. The molecule has 0 amide bonds. The fourth-order valence-electron chi connectivity index (χ4n) is 2.07. The van der Waals surface area contributed by atoms with E-state index in [0.29, 0.717) is 18.4 Å². The highest BCUT2D eigenvalue weighted by Gasteiger charge is 2.18. The van der Waals surface area contributed by atoms with Gasteiger partial charge in [0.15, 0.2) is 17.5 Å². The monoisotopic (exact) mass is 242 g/mol. The maximum absolute atomic E-state index is 13.6. The van der Waals surface area contributed by atoms with E-state index in [0.717, 1.165) is 18.9 Å². The highest BCUT2D eigenvalue weighted by Crippen LogP contribution is 2.29. The lowest BCUT2D eigenvalue weighted by molar-refractivity contribution is 0.211. The third kappa shape index (κ3) is 2.52. The largest absolute Gasteiger partial charge is 0.389 e. The second-order valence-corrected chi connectivity index (χ2v) is 4.23. The number of hydrogen-bond donors (Lipinski definition) is 1.